The third-order valence-corrected chi connectivity index (χ3v) is 1.59. The highest BCUT2D eigenvalue weighted by molar-refractivity contribution is 5.94. The zero-order valence-electron chi connectivity index (χ0n) is 7.64. The lowest BCUT2D eigenvalue weighted by Gasteiger charge is -2.12. The SMILES string of the molecule is NC(=O)c1cc(OC(F)(F)F)c(N)cc1F. The van der Waals surface area contributed by atoms with Gasteiger partial charge in [0.15, 0.2) is 5.75 Å². The molecule has 0 atom stereocenters. The fourth-order valence-corrected chi connectivity index (χ4v) is 0.971. The van der Waals surface area contributed by atoms with Crippen LogP contribution in [0.5, 0.6) is 5.75 Å². The number of rotatable bonds is 2. The minimum Gasteiger partial charge on any atom is -0.404 e. The van der Waals surface area contributed by atoms with E-state index in [1.165, 1.54) is 0 Å². The zero-order chi connectivity index (χ0) is 12.5. The second-order valence-electron chi connectivity index (χ2n) is 2.78. The fourth-order valence-electron chi connectivity index (χ4n) is 0.971. The van der Waals surface area contributed by atoms with Crippen LogP contribution in [0.4, 0.5) is 23.2 Å². The smallest absolute Gasteiger partial charge is 0.404 e. The third kappa shape index (κ3) is 2.75. The summed E-state index contributed by atoms with van der Waals surface area (Å²) >= 11 is 0. The molecule has 8 heteroatoms. The number of primary amides is 1. The molecule has 4 N–H and O–H groups in total. The molecule has 16 heavy (non-hydrogen) atoms. The highest BCUT2D eigenvalue weighted by Gasteiger charge is 2.32. The summed E-state index contributed by atoms with van der Waals surface area (Å²) in [5, 5.41) is 0. The van der Waals surface area contributed by atoms with Crippen LogP contribution in [-0.2, 0) is 0 Å². The molecule has 0 spiro atoms. The predicted octanol–water partition coefficient (Wildman–Crippen LogP) is 1.41. The second-order valence-corrected chi connectivity index (χ2v) is 2.78. The van der Waals surface area contributed by atoms with E-state index in [0.29, 0.717) is 12.1 Å². The van der Waals surface area contributed by atoms with Crippen molar-refractivity contribution in [2.24, 2.45) is 5.73 Å². The van der Waals surface area contributed by atoms with Crippen molar-refractivity contribution in [3.05, 3.63) is 23.5 Å². The fraction of sp³-hybridized carbons (Fsp3) is 0.125. The van der Waals surface area contributed by atoms with Crippen molar-refractivity contribution in [2.45, 2.75) is 6.36 Å². The Bertz CT molecular complexity index is 431. The number of halogens is 4. The van der Waals surface area contributed by atoms with E-state index in [0.717, 1.165) is 0 Å². The van der Waals surface area contributed by atoms with E-state index in [1.54, 1.807) is 0 Å². The number of carbonyl (C=O) groups excluding carboxylic acids is 1. The number of benzene rings is 1. The molecule has 1 amide bonds. The lowest BCUT2D eigenvalue weighted by Crippen LogP contribution is -2.20. The van der Waals surface area contributed by atoms with E-state index in [4.69, 9.17) is 11.5 Å². The monoisotopic (exact) mass is 238 g/mol. The molecule has 0 saturated carbocycles. The Morgan fingerprint density at radius 2 is 1.88 bits per heavy atom. The molecule has 1 rings (SSSR count). The average molecular weight is 238 g/mol. The van der Waals surface area contributed by atoms with Crippen LogP contribution in [0.25, 0.3) is 0 Å². The van der Waals surface area contributed by atoms with Crippen molar-refractivity contribution in [1.29, 1.82) is 0 Å². The van der Waals surface area contributed by atoms with Crippen molar-refractivity contribution in [3.8, 4) is 5.75 Å². The molecular weight excluding hydrogens is 232 g/mol. The van der Waals surface area contributed by atoms with Gasteiger partial charge in [-0.3, -0.25) is 4.79 Å². The highest BCUT2D eigenvalue weighted by atomic mass is 19.4. The summed E-state index contributed by atoms with van der Waals surface area (Å²) in [6.45, 7) is 0. The first-order valence-corrected chi connectivity index (χ1v) is 3.85. The predicted molar refractivity (Wildman–Crippen MR) is 46.0 cm³/mol. The van der Waals surface area contributed by atoms with Gasteiger partial charge in [0.1, 0.15) is 5.82 Å². The molecule has 88 valence electrons. The van der Waals surface area contributed by atoms with Crippen LogP contribution in [0.3, 0.4) is 0 Å². The molecule has 4 nitrogen and oxygen atoms in total. The Hall–Kier alpha value is -1.99. The van der Waals surface area contributed by atoms with Crippen LogP contribution in [0, 0.1) is 5.82 Å². The van der Waals surface area contributed by atoms with E-state index in [1.807, 2.05) is 0 Å². The van der Waals surface area contributed by atoms with Gasteiger partial charge in [-0.1, -0.05) is 0 Å². The van der Waals surface area contributed by atoms with E-state index in [9.17, 15) is 22.4 Å². The molecule has 0 aliphatic rings. The van der Waals surface area contributed by atoms with Gasteiger partial charge in [-0.15, -0.1) is 13.2 Å². The summed E-state index contributed by atoms with van der Waals surface area (Å²) < 4.78 is 52.1. The van der Waals surface area contributed by atoms with E-state index >= 15 is 0 Å². The Kier molecular flexibility index (Phi) is 2.92. The van der Waals surface area contributed by atoms with Crippen LogP contribution >= 0.6 is 0 Å². The molecule has 0 unspecified atom stereocenters. The normalized spacial score (nSPS) is 11.2. The molecule has 0 aromatic heterocycles. The van der Waals surface area contributed by atoms with E-state index in [-0.39, 0.29) is 0 Å². The zero-order valence-corrected chi connectivity index (χ0v) is 7.64. The van der Waals surface area contributed by atoms with Gasteiger partial charge in [-0.25, -0.2) is 4.39 Å². The van der Waals surface area contributed by atoms with Crippen molar-refractivity contribution in [2.75, 3.05) is 5.73 Å². The summed E-state index contributed by atoms with van der Waals surface area (Å²) in [7, 11) is 0. The minimum absolute atomic E-state index is 0.500. The van der Waals surface area contributed by atoms with E-state index < -0.39 is 35.1 Å². The molecule has 1 aromatic carbocycles. The maximum absolute atomic E-state index is 13.0. The quantitative estimate of drug-likeness (QED) is 0.603. The first-order valence-electron chi connectivity index (χ1n) is 3.85. The molecule has 1 aromatic rings. The van der Waals surface area contributed by atoms with Crippen molar-refractivity contribution in [1.82, 2.24) is 0 Å². The van der Waals surface area contributed by atoms with Crippen LogP contribution in [-0.4, -0.2) is 12.3 Å². The van der Waals surface area contributed by atoms with Gasteiger partial charge < -0.3 is 16.2 Å². The molecule has 0 aliphatic heterocycles. The largest absolute Gasteiger partial charge is 0.573 e. The van der Waals surface area contributed by atoms with Gasteiger partial charge in [0.2, 0.25) is 0 Å². The number of hydrogen-bond acceptors (Lipinski definition) is 3. The number of alkyl halides is 3. The van der Waals surface area contributed by atoms with Crippen LogP contribution in [0.1, 0.15) is 10.4 Å². The number of nitrogen functional groups attached to an aromatic ring is 1. The highest BCUT2D eigenvalue weighted by Crippen LogP contribution is 2.30. The molecule has 0 fully saturated rings. The molecular formula is C8H6F4N2O2. The molecule has 0 saturated heterocycles. The number of hydrogen-bond donors (Lipinski definition) is 2. The Labute approximate surface area is 86.8 Å². The van der Waals surface area contributed by atoms with Crippen LogP contribution in [0.15, 0.2) is 12.1 Å². The van der Waals surface area contributed by atoms with Gasteiger partial charge in [-0.05, 0) is 6.07 Å². The average Bonchev–Trinajstić information content (AvgIpc) is 2.07. The Morgan fingerprint density at radius 3 is 2.31 bits per heavy atom. The Balaban J connectivity index is 3.20. The van der Waals surface area contributed by atoms with Crippen LogP contribution < -0.4 is 16.2 Å². The number of ether oxygens (including phenoxy) is 1. The summed E-state index contributed by atoms with van der Waals surface area (Å²) in [6.07, 6.45) is -4.99. The molecule has 0 bridgehead atoms. The van der Waals surface area contributed by atoms with E-state index in [2.05, 4.69) is 4.74 Å². The van der Waals surface area contributed by atoms with Gasteiger partial charge in [-0.2, -0.15) is 0 Å². The summed E-state index contributed by atoms with van der Waals surface area (Å²) in [6, 6.07) is 1.03. The summed E-state index contributed by atoms with van der Waals surface area (Å²) in [5.41, 5.74) is 8.51. The topological polar surface area (TPSA) is 78.3 Å². The molecule has 0 aliphatic carbocycles. The number of carbonyl (C=O) groups is 1. The number of anilines is 1. The summed E-state index contributed by atoms with van der Waals surface area (Å²) in [4.78, 5) is 10.7. The summed E-state index contributed by atoms with van der Waals surface area (Å²) in [5.74, 6) is -3.20. The van der Waals surface area contributed by atoms with Gasteiger partial charge in [0, 0.05) is 6.07 Å². The Morgan fingerprint density at radius 1 is 1.31 bits per heavy atom. The van der Waals surface area contributed by atoms with Crippen LogP contribution in [0.2, 0.25) is 0 Å². The van der Waals surface area contributed by atoms with Crippen molar-refractivity contribution < 1.29 is 27.1 Å². The number of nitrogens with two attached hydrogens (primary N) is 2. The first kappa shape index (κ1) is 12.1. The molecule has 0 heterocycles. The van der Waals surface area contributed by atoms with Crippen molar-refractivity contribution in [3.63, 3.8) is 0 Å². The lowest BCUT2D eigenvalue weighted by molar-refractivity contribution is -0.274. The maximum atomic E-state index is 13.0. The van der Waals surface area contributed by atoms with Crippen molar-refractivity contribution >= 4 is 11.6 Å². The van der Waals surface area contributed by atoms with Gasteiger partial charge in [0.25, 0.3) is 5.91 Å². The van der Waals surface area contributed by atoms with Gasteiger partial charge >= 0.3 is 6.36 Å². The lowest BCUT2D eigenvalue weighted by atomic mass is 10.1. The first-order chi connectivity index (χ1) is 7.20. The second kappa shape index (κ2) is 3.87. The minimum atomic E-state index is -4.99. The van der Waals surface area contributed by atoms with Gasteiger partial charge in [0.05, 0.1) is 11.3 Å². The third-order valence-electron chi connectivity index (χ3n) is 1.59. The number of amides is 1. The molecule has 0 radical (unpaired) electrons. The standard InChI is InChI=1S/C8H6F4N2O2/c9-4-2-5(13)6(16-8(10,11)12)1-3(4)7(14)15/h1-2H,13H2,(H2,14,15). The maximum Gasteiger partial charge on any atom is 0.573 e.